The molecule has 9 heteroatoms. The number of benzene rings is 1. The van der Waals surface area contributed by atoms with E-state index in [1.807, 2.05) is 19.9 Å². The quantitative estimate of drug-likeness (QED) is 0.516. The molecule has 3 rings (SSSR count). The summed E-state index contributed by atoms with van der Waals surface area (Å²) < 4.78 is 39.1. The SMILES string of the molecule is CC(C)[C@H](CO)Nc1nc(Nc2cccc(C(F)(F)F)c2)cc(-c2ccccn2)n1. The molecule has 6 nitrogen and oxygen atoms in total. The van der Waals surface area contributed by atoms with Gasteiger partial charge >= 0.3 is 6.18 Å². The maximum atomic E-state index is 13.0. The Morgan fingerprint density at radius 2 is 1.80 bits per heavy atom. The van der Waals surface area contributed by atoms with Crippen LogP contribution in [0.3, 0.4) is 0 Å². The monoisotopic (exact) mass is 417 g/mol. The van der Waals surface area contributed by atoms with Crippen LogP contribution in [0.2, 0.25) is 0 Å². The molecule has 0 bridgehead atoms. The Morgan fingerprint density at radius 3 is 2.43 bits per heavy atom. The maximum absolute atomic E-state index is 13.0. The number of aliphatic hydroxyl groups excluding tert-OH is 1. The van der Waals surface area contributed by atoms with Gasteiger partial charge in [-0.2, -0.15) is 18.2 Å². The van der Waals surface area contributed by atoms with Crippen molar-refractivity contribution in [3.8, 4) is 11.4 Å². The Balaban J connectivity index is 1.98. The molecule has 1 atom stereocenters. The first kappa shape index (κ1) is 21.5. The van der Waals surface area contributed by atoms with Gasteiger partial charge < -0.3 is 15.7 Å². The van der Waals surface area contributed by atoms with E-state index in [1.54, 1.807) is 24.4 Å². The van der Waals surface area contributed by atoms with E-state index in [1.165, 1.54) is 12.1 Å². The summed E-state index contributed by atoms with van der Waals surface area (Å²) in [4.78, 5) is 13.1. The molecule has 0 spiro atoms. The molecule has 0 amide bonds. The standard InChI is InChI=1S/C21H22F3N5O/c1-13(2)18(12-30)28-20-27-17(16-8-3-4-9-25-16)11-19(29-20)26-15-7-5-6-14(10-15)21(22,23)24/h3-11,13,18,30H,12H2,1-2H3,(H2,26,27,28,29)/t18-/m0/s1. The summed E-state index contributed by atoms with van der Waals surface area (Å²) in [5.41, 5.74) is 0.553. The molecule has 0 radical (unpaired) electrons. The van der Waals surface area contributed by atoms with Gasteiger partial charge in [0.25, 0.3) is 0 Å². The van der Waals surface area contributed by atoms with Gasteiger partial charge in [-0.25, -0.2) is 4.98 Å². The van der Waals surface area contributed by atoms with E-state index >= 15 is 0 Å². The van der Waals surface area contributed by atoms with Crippen LogP contribution in [0.1, 0.15) is 19.4 Å². The van der Waals surface area contributed by atoms with Crippen LogP contribution >= 0.6 is 0 Å². The van der Waals surface area contributed by atoms with Crippen LogP contribution in [-0.4, -0.2) is 32.7 Å². The Kier molecular flexibility index (Phi) is 6.51. The second kappa shape index (κ2) is 9.08. The van der Waals surface area contributed by atoms with Crippen molar-refractivity contribution in [2.24, 2.45) is 5.92 Å². The van der Waals surface area contributed by atoms with E-state index in [0.717, 1.165) is 12.1 Å². The van der Waals surface area contributed by atoms with Gasteiger partial charge in [0.1, 0.15) is 5.82 Å². The van der Waals surface area contributed by atoms with Gasteiger partial charge in [0.15, 0.2) is 0 Å². The van der Waals surface area contributed by atoms with Crippen molar-refractivity contribution < 1.29 is 18.3 Å². The number of nitrogens with zero attached hydrogens (tertiary/aromatic N) is 3. The molecular weight excluding hydrogens is 395 g/mol. The third kappa shape index (κ3) is 5.44. The first-order chi connectivity index (χ1) is 14.3. The van der Waals surface area contributed by atoms with Crippen LogP contribution in [0.25, 0.3) is 11.4 Å². The lowest BCUT2D eigenvalue weighted by Crippen LogP contribution is -2.30. The fraction of sp³-hybridized carbons (Fsp3) is 0.286. The molecule has 0 fully saturated rings. The van der Waals surface area contributed by atoms with E-state index in [-0.39, 0.29) is 30.2 Å². The number of aromatic nitrogens is 3. The molecule has 158 valence electrons. The Bertz CT molecular complexity index is 980. The molecule has 3 aromatic rings. The Labute approximate surface area is 172 Å². The van der Waals surface area contributed by atoms with Crippen molar-refractivity contribution >= 4 is 17.5 Å². The van der Waals surface area contributed by atoms with Gasteiger partial charge in [0, 0.05) is 18.0 Å². The lowest BCUT2D eigenvalue weighted by Gasteiger charge is -2.20. The van der Waals surface area contributed by atoms with Gasteiger partial charge in [-0.3, -0.25) is 4.98 Å². The van der Waals surface area contributed by atoms with Crippen molar-refractivity contribution in [1.29, 1.82) is 0 Å². The van der Waals surface area contributed by atoms with Gasteiger partial charge in [-0.1, -0.05) is 26.0 Å². The minimum absolute atomic E-state index is 0.108. The zero-order valence-electron chi connectivity index (χ0n) is 16.5. The molecular formula is C21H22F3N5O. The summed E-state index contributed by atoms with van der Waals surface area (Å²) in [5.74, 6) is 0.644. The minimum Gasteiger partial charge on any atom is -0.394 e. The highest BCUT2D eigenvalue weighted by Crippen LogP contribution is 2.31. The summed E-state index contributed by atoms with van der Waals surface area (Å²) in [6.07, 6.45) is -2.82. The van der Waals surface area contributed by atoms with Gasteiger partial charge in [-0.15, -0.1) is 0 Å². The smallest absolute Gasteiger partial charge is 0.394 e. The fourth-order valence-electron chi connectivity index (χ4n) is 2.73. The molecule has 0 saturated heterocycles. The first-order valence-electron chi connectivity index (χ1n) is 9.38. The summed E-state index contributed by atoms with van der Waals surface area (Å²) in [5, 5.41) is 15.6. The van der Waals surface area contributed by atoms with E-state index < -0.39 is 11.7 Å². The molecule has 0 aliphatic carbocycles. The topological polar surface area (TPSA) is 83.0 Å². The molecule has 30 heavy (non-hydrogen) atoms. The third-order valence-corrected chi connectivity index (χ3v) is 4.43. The number of hydrogen-bond donors (Lipinski definition) is 3. The number of alkyl halides is 3. The van der Waals surface area contributed by atoms with Crippen LogP contribution in [0, 0.1) is 5.92 Å². The lowest BCUT2D eigenvalue weighted by molar-refractivity contribution is -0.137. The van der Waals surface area contributed by atoms with Crippen LogP contribution in [0.15, 0.2) is 54.7 Å². The third-order valence-electron chi connectivity index (χ3n) is 4.43. The summed E-state index contributed by atoms with van der Waals surface area (Å²) >= 11 is 0. The lowest BCUT2D eigenvalue weighted by atomic mass is 10.1. The average Bonchev–Trinajstić information content (AvgIpc) is 2.72. The number of pyridine rings is 1. The van der Waals surface area contributed by atoms with Crippen LogP contribution in [0.5, 0.6) is 0 Å². The Hall–Kier alpha value is -3.20. The maximum Gasteiger partial charge on any atom is 0.416 e. The summed E-state index contributed by atoms with van der Waals surface area (Å²) in [7, 11) is 0. The average molecular weight is 417 g/mol. The number of rotatable bonds is 7. The van der Waals surface area contributed by atoms with Crippen molar-refractivity contribution in [3.63, 3.8) is 0 Å². The van der Waals surface area contributed by atoms with Gasteiger partial charge in [0.05, 0.1) is 29.6 Å². The number of halogens is 3. The van der Waals surface area contributed by atoms with E-state index in [0.29, 0.717) is 17.2 Å². The van der Waals surface area contributed by atoms with Crippen LogP contribution in [-0.2, 0) is 6.18 Å². The molecule has 2 aromatic heterocycles. The highest BCUT2D eigenvalue weighted by molar-refractivity contribution is 5.65. The predicted octanol–water partition coefficient (Wildman–Crippen LogP) is 4.73. The van der Waals surface area contributed by atoms with Crippen molar-refractivity contribution in [1.82, 2.24) is 15.0 Å². The fourth-order valence-corrected chi connectivity index (χ4v) is 2.73. The van der Waals surface area contributed by atoms with Crippen molar-refractivity contribution in [3.05, 3.63) is 60.3 Å². The summed E-state index contributed by atoms with van der Waals surface area (Å²) in [6.45, 7) is 3.77. The predicted molar refractivity (Wildman–Crippen MR) is 109 cm³/mol. The highest BCUT2D eigenvalue weighted by atomic mass is 19.4. The van der Waals surface area contributed by atoms with Crippen LogP contribution in [0.4, 0.5) is 30.6 Å². The van der Waals surface area contributed by atoms with Gasteiger partial charge in [0.2, 0.25) is 5.95 Å². The molecule has 0 unspecified atom stereocenters. The molecule has 2 heterocycles. The molecule has 0 saturated carbocycles. The van der Waals surface area contributed by atoms with Crippen molar-refractivity contribution in [2.45, 2.75) is 26.1 Å². The van der Waals surface area contributed by atoms with E-state index in [9.17, 15) is 18.3 Å². The molecule has 0 aliphatic heterocycles. The second-order valence-electron chi connectivity index (χ2n) is 7.06. The molecule has 3 N–H and O–H groups in total. The molecule has 0 aliphatic rings. The number of hydrogen-bond acceptors (Lipinski definition) is 6. The van der Waals surface area contributed by atoms with Gasteiger partial charge in [-0.05, 0) is 36.2 Å². The van der Waals surface area contributed by atoms with E-state index in [2.05, 4.69) is 25.6 Å². The van der Waals surface area contributed by atoms with Crippen molar-refractivity contribution in [2.75, 3.05) is 17.2 Å². The van der Waals surface area contributed by atoms with E-state index in [4.69, 9.17) is 0 Å². The number of nitrogens with one attached hydrogen (secondary N) is 2. The highest BCUT2D eigenvalue weighted by Gasteiger charge is 2.30. The van der Waals surface area contributed by atoms with Crippen LogP contribution < -0.4 is 10.6 Å². The zero-order valence-corrected chi connectivity index (χ0v) is 16.5. The first-order valence-corrected chi connectivity index (χ1v) is 9.38. The number of anilines is 3. The molecule has 1 aromatic carbocycles. The zero-order chi connectivity index (χ0) is 21.7. The minimum atomic E-state index is -4.44. The number of aliphatic hydroxyl groups is 1. The Morgan fingerprint density at radius 1 is 1.00 bits per heavy atom. The normalized spacial score (nSPS) is 12.6. The largest absolute Gasteiger partial charge is 0.416 e. The summed E-state index contributed by atoms with van der Waals surface area (Å²) in [6, 6.07) is 11.5. The second-order valence-corrected chi connectivity index (χ2v) is 7.06.